The van der Waals surface area contributed by atoms with E-state index in [2.05, 4.69) is 4.98 Å². The highest BCUT2D eigenvalue weighted by Crippen LogP contribution is 2.27. The van der Waals surface area contributed by atoms with Gasteiger partial charge in [0.15, 0.2) is 6.71 Å². The van der Waals surface area contributed by atoms with E-state index in [0.29, 0.717) is 6.71 Å². The molecule has 3 rings (SSSR count). The van der Waals surface area contributed by atoms with E-state index < -0.39 is 0 Å². The summed E-state index contributed by atoms with van der Waals surface area (Å²) >= 11 is 0. The topological polar surface area (TPSA) is 56.0 Å². The van der Waals surface area contributed by atoms with Crippen molar-refractivity contribution in [3.8, 4) is 11.3 Å². The number of aromatic nitrogens is 1. The van der Waals surface area contributed by atoms with Gasteiger partial charge in [0, 0.05) is 17.8 Å². The van der Waals surface area contributed by atoms with E-state index in [-0.39, 0.29) is 10.6 Å². The fourth-order valence-electron chi connectivity index (χ4n) is 2.13. The Hall–Kier alpha value is -2.17. The second-order valence-corrected chi connectivity index (χ2v) is 4.52. The van der Waals surface area contributed by atoms with Crippen LogP contribution in [0.3, 0.4) is 0 Å². The van der Waals surface area contributed by atoms with E-state index in [0.717, 1.165) is 29.4 Å². The van der Waals surface area contributed by atoms with Gasteiger partial charge in [-0.25, -0.2) is 0 Å². The number of pyridine rings is 1. The van der Waals surface area contributed by atoms with Gasteiger partial charge >= 0.3 is 0 Å². The summed E-state index contributed by atoms with van der Waals surface area (Å²) in [6, 6.07) is 11.0. The monoisotopic (exact) mass is 238 g/mol. The molecule has 0 radical (unpaired) electrons. The first-order chi connectivity index (χ1) is 8.75. The van der Waals surface area contributed by atoms with E-state index in [1.54, 1.807) is 18.3 Å². The van der Waals surface area contributed by atoms with E-state index in [4.69, 9.17) is 0 Å². The summed E-state index contributed by atoms with van der Waals surface area (Å²) in [6.07, 6.45) is 3.83. The van der Waals surface area contributed by atoms with Crippen molar-refractivity contribution in [3.05, 3.63) is 52.7 Å². The van der Waals surface area contributed by atoms with Gasteiger partial charge < -0.3 is 0 Å². The lowest BCUT2D eigenvalue weighted by molar-refractivity contribution is -0.383. The molecule has 0 spiro atoms. The van der Waals surface area contributed by atoms with Crippen molar-refractivity contribution < 1.29 is 4.92 Å². The Balaban J connectivity index is 2.08. The maximum Gasteiger partial charge on any atom is 0.263 e. The van der Waals surface area contributed by atoms with Gasteiger partial charge in [-0.3, -0.25) is 15.1 Å². The molecule has 18 heavy (non-hydrogen) atoms. The number of nitro groups is 1. The fraction of sp³-hybridized carbons (Fsp3) is 0.154. The Morgan fingerprint density at radius 2 is 2.06 bits per heavy atom. The van der Waals surface area contributed by atoms with E-state index in [1.807, 2.05) is 24.3 Å². The van der Waals surface area contributed by atoms with Crippen molar-refractivity contribution in [2.24, 2.45) is 0 Å². The van der Waals surface area contributed by atoms with Crippen molar-refractivity contribution in [1.29, 1.82) is 0 Å². The van der Waals surface area contributed by atoms with Crippen molar-refractivity contribution in [2.45, 2.75) is 12.6 Å². The number of nitro benzene ring substituents is 1. The molecule has 1 aromatic carbocycles. The van der Waals surface area contributed by atoms with Gasteiger partial charge in [-0.15, -0.1) is 0 Å². The molecule has 1 aromatic heterocycles. The van der Waals surface area contributed by atoms with Crippen LogP contribution in [-0.2, 0) is 0 Å². The zero-order valence-corrected chi connectivity index (χ0v) is 9.74. The van der Waals surface area contributed by atoms with Crippen LogP contribution >= 0.6 is 0 Å². The minimum absolute atomic E-state index is 0.234. The quantitative estimate of drug-likeness (QED) is 0.468. The second kappa shape index (κ2) is 4.25. The van der Waals surface area contributed by atoms with E-state index in [1.165, 1.54) is 0 Å². The van der Waals surface area contributed by atoms with Crippen LogP contribution in [0.4, 0.5) is 5.69 Å². The highest BCUT2D eigenvalue weighted by Gasteiger charge is 2.34. The molecule has 1 aliphatic rings. The molecular weight excluding hydrogens is 227 g/mol. The van der Waals surface area contributed by atoms with Crippen molar-refractivity contribution in [1.82, 2.24) is 4.98 Å². The van der Waals surface area contributed by atoms with Crippen molar-refractivity contribution in [2.75, 3.05) is 0 Å². The van der Waals surface area contributed by atoms with Crippen LogP contribution < -0.4 is 5.46 Å². The molecule has 0 atom stereocenters. The molecule has 88 valence electrons. The van der Waals surface area contributed by atoms with Crippen molar-refractivity contribution in [3.63, 3.8) is 0 Å². The Morgan fingerprint density at radius 3 is 2.67 bits per heavy atom. The summed E-state index contributed by atoms with van der Waals surface area (Å²) in [5.74, 6) is 0. The van der Waals surface area contributed by atoms with Crippen LogP contribution in [0.25, 0.3) is 11.3 Å². The van der Waals surface area contributed by atoms with Crippen LogP contribution in [0, 0.1) is 10.1 Å². The Morgan fingerprint density at radius 1 is 1.22 bits per heavy atom. The summed E-state index contributed by atoms with van der Waals surface area (Å²) in [4.78, 5) is 15.0. The molecule has 2 heterocycles. The average Bonchev–Trinajstić information content (AvgIpc) is 3.23. The molecule has 0 amide bonds. The third-order valence-corrected chi connectivity index (χ3v) is 3.20. The lowest BCUT2D eigenvalue weighted by atomic mass is 9.62. The first-order valence-electron chi connectivity index (χ1n) is 5.95. The van der Waals surface area contributed by atoms with Crippen LogP contribution in [0.1, 0.15) is 0 Å². The van der Waals surface area contributed by atoms with Crippen molar-refractivity contribution >= 4 is 17.9 Å². The average molecular weight is 238 g/mol. The molecular formula is C13H11BN2O2. The third-order valence-electron chi connectivity index (χ3n) is 3.20. The summed E-state index contributed by atoms with van der Waals surface area (Å²) in [7, 11) is 0. The molecule has 0 N–H and O–H groups in total. The highest BCUT2D eigenvalue weighted by atomic mass is 16.6. The van der Waals surface area contributed by atoms with Crippen LogP contribution in [-0.4, -0.2) is 16.6 Å². The first kappa shape index (κ1) is 11.0. The molecule has 0 unspecified atom stereocenters. The van der Waals surface area contributed by atoms with Gasteiger partial charge in [0.05, 0.1) is 10.6 Å². The number of nitrogens with zero attached hydrogens (tertiary/aromatic N) is 2. The highest BCUT2D eigenvalue weighted by molar-refractivity contribution is 6.83. The van der Waals surface area contributed by atoms with E-state index in [9.17, 15) is 10.1 Å². The van der Waals surface area contributed by atoms with Crippen LogP contribution in [0.5, 0.6) is 0 Å². The molecule has 2 aromatic rings. The molecule has 1 aliphatic heterocycles. The largest absolute Gasteiger partial charge is 0.263 e. The summed E-state index contributed by atoms with van der Waals surface area (Å²) in [5.41, 5.74) is 2.89. The summed E-state index contributed by atoms with van der Waals surface area (Å²) in [5, 5.41) is 11.0. The summed E-state index contributed by atoms with van der Waals surface area (Å²) < 4.78 is 0. The van der Waals surface area contributed by atoms with Crippen LogP contribution in [0.15, 0.2) is 42.6 Å². The zero-order chi connectivity index (χ0) is 12.5. The SMILES string of the molecule is O=[N+]([O-])c1ccc(-c2ccccn2)cc1B1CC1. The zero-order valence-electron chi connectivity index (χ0n) is 9.74. The second-order valence-electron chi connectivity index (χ2n) is 4.52. The number of hydrogen-bond acceptors (Lipinski definition) is 3. The van der Waals surface area contributed by atoms with Crippen LogP contribution in [0.2, 0.25) is 12.6 Å². The minimum Gasteiger partial charge on any atom is -0.258 e. The lowest BCUT2D eigenvalue weighted by Gasteiger charge is -2.04. The molecule has 0 aliphatic carbocycles. The molecule has 4 nitrogen and oxygen atoms in total. The Bertz CT molecular complexity index is 597. The molecule has 0 saturated carbocycles. The fourth-order valence-corrected chi connectivity index (χ4v) is 2.13. The Labute approximate surface area is 105 Å². The number of benzene rings is 1. The molecule has 0 bridgehead atoms. The molecule has 5 heteroatoms. The van der Waals surface area contributed by atoms with Gasteiger partial charge in [0.1, 0.15) is 0 Å². The molecule has 1 saturated heterocycles. The smallest absolute Gasteiger partial charge is 0.258 e. The summed E-state index contributed by atoms with van der Waals surface area (Å²) in [6.45, 7) is 0.356. The predicted octanol–water partition coefficient (Wildman–Crippen LogP) is 2.37. The van der Waals surface area contributed by atoms with Gasteiger partial charge in [-0.05, 0) is 23.7 Å². The molecule has 1 fully saturated rings. The standard InChI is InChI=1S/C13H11BN2O2/c17-16(18)13-5-4-10(9-11(13)14-6-7-14)12-3-1-2-8-15-12/h1-5,8-9H,6-7H2. The number of hydrogen-bond donors (Lipinski definition) is 0. The maximum absolute atomic E-state index is 11.0. The normalized spacial score (nSPS) is 13.4. The first-order valence-corrected chi connectivity index (χ1v) is 5.95. The van der Waals surface area contributed by atoms with E-state index >= 15 is 0 Å². The maximum atomic E-state index is 11.0. The number of rotatable bonds is 3. The Kier molecular flexibility index (Phi) is 2.59. The third kappa shape index (κ3) is 1.99. The minimum atomic E-state index is -0.296. The predicted molar refractivity (Wildman–Crippen MR) is 71.3 cm³/mol. The lowest BCUT2D eigenvalue weighted by Crippen LogP contribution is -2.19. The van der Waals surface area contributed by atoms with Gasteiger partial charge in [-0.2, -0.15) is 0 Å². The van der Waals surface area contributed by atoms with Gasteiger partial charge in [0.25, 0.3) is 5.69 Å². The van der Waals surface area contributed by atoms with Gasteiger partial charge in [-0.1, -0.05) is 24.8 Å². The van der Waals surface area contributed by atoms with Gasteiger partial charge in [0.2, 0.25) is 0 Å².